The summed E-state index contributed by atoms with van der Waals surface area (Å²) >= 11 is 5.11. The summed E-state index contributed by atoms with van der Waals surface area (Å²) in [6.07, 6.45) is 0. The second-order valence-electron chi connectivity index (χ2n) is 2.65. The van der Waals surface area contributed by atoms with Gasteiger partial charge < -0.3 is 9.47 Å². The molecule has 0 fully saturated rings. The number of halogens is 1. The number of ether oxygens (including phenoxy) is 2. The number of carbonyl (C=O) groups excluding carboxylic acids is 1. The number of nitrogens with zero attached hydrogens (tertiary/aromatic N) is 1. The first-order valence-corrected chi connectivity index (χ1v) is 4.44. The number of rotatable bonds is 4. The van der Waals surface area contributed by atoms with Crippen LogP contribution in [-0.4, -0.2) is 19.0 Å². The second kappa shape index (κ2) is 5.23. The van der Waals surface area contributed by atoms with Gasteiger partial charge >= 0.3 is 0 Å². The van der Waals surface area contributed by atoms with Gasteiger partial charge in [-0.2, -0.15) is 5.26 Å². The maximum absolute atomic E-state index is 10.5. The normalized spacial score (nSPS) is 9.13. The van der Waals surface area contributed by atoms with Crippen molar-refractivity contribution in [1.82, 2.24) is 0 Å². The molecule has 0 unspecified atom stereocenters. The Kier molecular flexibility index (Phi) is 3.95. The van der Waals surface area contributed by atoms with Crippen molar-refractivity contribution in [3.05, 3.63) is 23.8 Å². The van der Waals surface area contributed by atoms with Crippen molar-refractivity contribution in [2.75, 3.05) is 13.7 Å². The Bertz CT molecular complexity index is 412. The molecule has 78 valence electrons. The van der Waals surface area contributed by atoms with Crippen molar-refractivity contribution in [3.63, 3.8) is 0 Å². The summed E-state index contributed by atoms with van der Waals surface area (Å²) < 4.78 is 9.99. The van der Waals surface area contributed by atoms with Crippen molar-refractivity contribution in [3.8, 4) is 17.6 Å². The zero-order valence-corrected chi connectivity index (χ0v) is 8.75. The van der Waals surface area contributed by atoms with Crippen LogP contribution >= 0.6 is 11.6 Å². The highest BCUT2D eigenvalue weighted by molar-refractivity contribution is 6.63. The zero-order chi connectivity index (χ0) is 11.3. The van der Waals surface area contributed by atoms with E-state index in [1.54, 1.807) is 12.1 Å². The lowest BCUT2D eigenvalue weighted by atomic mass is 10.2. The fraction of sp³-hybridized carbons (Fsp3) is 0.200. The van der Waals surface area contributed by atoms with E-state index in [0.717, 1.165) is 0 Å². The Balaban J connectivity index is 2.88. The molecule has 0 aromatic heterocycles. The lowest BCUT2D eigenvalue weighted by Gasteiger charge is -2.06. The number of hydrogen-bond donors (Lipinski definition) is 0. The minimum atomic E-state index is -0.601. The summed E-state index contributed by atoms with van der Waals surface area (Å²) in [5.74, 6) is 0.867. The first-order chi connectivity index (χ1) is 7.15. The summed E-state index contributed by atoms with van der Waals surface area (Å²) in [6, 6.07) is 6.59. The molecule has 0 atom stereocenters. The topological polar surface area (TPSA) is 59.3 Å². The van der Waals surface area contributed by atoms with E-state index in [1.807, 2.05) is 6.07 Å². The first-order valence-electron chi connectivity index (χ1n) is 4.06. The quantitative estimate of drug-likeness (QED) is 0.732. The van der Waals surface area contributed by atoms with Gasteiger partial charge in [-0.15, -0.1) is 0 Å². The van der Waals surface area contributed by atoms with E-state index in [-0.39, 0.29) is 6.61 Å². The number of methoxy groups -OCH3 is 1. The van der Waals surface area contributed by atoms with Crippen LogP contribution < -0.4 is 9.47 Å². The van der Waals surface area contributed by atoms with Gasteiger partial charge in [0, 0.05) is 6.07 Å². The first kappa shape index (κ1) is 11.3. The average molecular weight is 226 g/mol. The zero-order valence-electron chi connectivity index (χ0n) is 7.99. The fourth-order valence-electron chi connectivity index (χ4n) is 0.978. The Morgan fingerprint density at radius 2 is 2.13 bits per heavy atom. The Hall–Kier alpha value is -1.73. The fourth-order valence-corrected chi connectivity index (χ4v) is 1.03. The Labute approximate surface area is 92.0 Å². The second-order valence-corrected chi connectivity index (χ2v) is 3.07. The highest BCUT2D eigenvalue weighted by atomic mass is 35.5. The SMILES string of the molecule is COc1cc(C#N)cc(OCC(=O)Cl)c1. The maximum Gasteiger partial charge on any atom is 0.259 e. The molecular weight excluding hydrogens is 218 g/mol. The summed E-state index contributed by atoms with van der Waals surface area (Å²) in [5.41, 5.74) is 0.395. The lowest BCUT2D eigenvalue weighted by molar-refractivity contribution is -0.113. The summed E-state index contributed by atoms with van der Waals surface area (Å²) in [5, 5.41) is 8.10. The molecule has 0 heterocycles. The monoisotopic (exact) mass is 225 g/mol. The Morgan fingerprint density at radius 3 is 2.67 bits per heavy atom. The molecule has 0 aliphatic heterocycles. The molecule has 0 bridgehead atoms. The molecule has 0 saturated heterocycles. The van der Waals surface area contributed by atoms with Crippen LogP contribution in [-0.2, 0) is 4.79 Å². The summed E-state index contributed by atoms with van der Waals surface area (Å²) in [4.78, 5) is 10.5. The standard InChI is InChI=1S/C10H8ClNO3/c1-14-8-2-7(5-12)3-9(4-8)15-6-10(11)13/h2-4H,6H2,1H3. The van der Waals surface area contributed by atoms with E-state index >= 15 is 0 Å². The van der Waals surface area contributed by atoms with Crippen LogP contribution in [0.15, 0.2) is 18.2 Å². The van der Waals surface area contributed by atoms with Crippen LogP contribution in [0.2, 0.25) is 0 Å². The third-order valence-electron chi connectivity index (χ3n) is 1.60. The summed E-state index contributed by atoms with van der Waals surface area (Å²) in [6.45, 7) is -0.237. The number of hydrogen-bond acceptors (Lipinski definition) is 4. The van der Waals surface area contributed by atoms with Crippen molar-refractivity contribution in [2.24, 2.45) is 0 Å². The molecule has 5 heteroatoms. The van der Waals surface area contributed by atoms with Crippen LogP contribution in [0.3, 0.4) is 0 Å². The minimum Gasteiger partial charge on any atom is -0.497 e. The number of nitriles is 1. The minimum absolute atomic E-state index is 0.237. The van der Waals surface area contributed by atoms with Crippen molar-refractivity contribution < 1.29 is 14.3 Å². The van der Waals surface area contributed by atoms with E-state index in [0.29, 0.717) is 17.1 Å². The van der Waals surface area contributed by atoms with Gasteiger partial charge in [0.1, 0.15) is 11.5 Å². The predicted molar refractivity (Wildman–Crippen MR) is 54.1 cm³/mol. The van der Waals surface area contributed by atoms with Crippen LogP contribution in [0.5, 0.6) is 11.5 Å². The molecule has 4 nitrogen and oxygen atoms in total. The van der Waals surface area contributed by atoms with E-state index in [1.165, 1.54) is 13.2 Å². The van der Waals surface area contributed by atoms with Gasteiger partial charge in [0.05, 0.1) is 18.7 Å². The molecule has 0 saturated carbocycles. The van der Waals surface area contributed by atoms with E-state index in [4.69, 9.17) is 26.3 Å². The third-order valence-corrected chi connectivity index (χ3v) is 1.71. The van der Waals surface area contributed by atoms with Gasteiger partial charge in [0.2, 0.25) is 0 Å². The van der Waals surface area contributed by atoms with Crippen LogP contribution in [0.1, 0.15) is 5.56 Å². The van der Waals surface area contributed by atoms with Gasteiger partial charge in [-0.3, -0.25) is 4.79 Å². The van der Waals surface area contributed by atoms with Gasteiger partial charge in [-0.25, -0.2) is 0 Å². The highest BCUT2D eigenvalue weighted by Crippen LogP contribution is 2.22. The molecule has 1 rings (SSSR count). The van der Waals surface area contributed by atoms with Gasteiger partial charge in [-0.1, -0.05) is 0 Å². The van der Waals surface area contributed by atoms with Crippen molar-refractivity contribution in [1.29, 1.82) is 5.26 Å². The van der Waals surface area contributed by atoms with Crippen LogP contribution in [0.4, 0.5) is 0 Å². The maximum atomic E-state index is 10.5. The molecule has 0 aliphatic rings. The molecule has 0 aliphatic carbocycles. The van der Waals surface area contributed by atoms with Gasteiger partial charge in [0.15, 0.2) is 6.61 Å². The van der Waals surface area contributed by atoms with E-state index < -0.39 is 5.24 Å². The van der Waals surface area contributed by atoms with Crippen molar-refractivity contribution >= 4 is 16.8 Å². The lowest BCUT2D eigenvalue weighted by Crippen LogP contribution is -2.04. The Morgan fingerprint density at radius 1 is 1.47 bits per heavy atom. The molecule has 0 spiro atoms. The van der Waals surface area contributed by atoms with Crippen molar-refractivity contribution in [2.45, 2.75) is 0 Å². The third kappa shape index (κ3) is 3.49. The molecule has 15 heavy (non-hydrogen) atoms. The van der Waals surface area contributed by atoms with Gasteiger partial charge in [-0.05, 0) is 23.7 Å². The highest BCUT2D eigenvalue weighted by Gasteiger charge is 2.03. The number of carbonyl (C=O) groups is 1. The van der Waals surface area contributed by atoms with E-state index in [2.05, 4.69) is 0 Å². The largest absolute Gasteiger partial charge is 0.497 e. The molecule has 1 aromatic rings. The average Bonchev–Trinajstić information content (AvgIpc) is 2.25. The predicted octanol–water partition coefficient (Wildman–Crippen LogP) is 1.71. The molecule has 0 N–H and O–H groups in total. The van der Waals surface area contributed by atoms with Gasteiger partial charge in [0.25, 0.3) is 5.24 Å². The molecule has 1 aromatic carbocycles. The summed E-state index contributed by atoms with van der Waals surface area (Å²) in [7, 11) is 1.48. The molecular formula is C10H8ClNO3. The molecule has 0 amide bonds. The smallest absolute Gasteiger partial charge is 0.259 e. The molecule has 0 radical (unpaired) electrons. The van der Waals surface area contributed by atoms with Crippen LogP contribution in [0, 0.1) is 11.3 Å². The van der Waals surface area contributed by atoms with Crippen LogP contribution in [0.25, 0.3) is 0 Å². The number of benzene rings is 1. The van der Waals surface area contributed by atoms with E-state index in [9.17, 15) is 4.79 Å².